The van der Waals surface area contributed by atoms with Gasteiger partial charge < -0.3 is 4.74 Å². The monoisotopic (exact) mass is 282 g/mol. The topological polar surface area (TPSA) is 32.8 Å². The molecule has 2 saturated heterocycles. The van der Waals surface area contributed by atoms with Crippen LogP contribution in [0, 0.1) is 5.92 Å². The van der Waals surface area contributed by atoms with Crippen molar-refractivity contribution in [3.8, 4) is 0 Å². The minimum Gasteiger partial charge on any atom is -0.361 e. The fraction of sp³-hybridized carbons (Fsp3) is 0.938. The molecule has 116 valence electrons. The van der Waals surface area contributed by atoms with Gasteiger partial charge in [-0.05, 0) is 41.5 Å². The molecule has 0 aliphatic carbocycles. The minimum atomic E-state index is -0.631. The zero-order valence-electron chi connectivity index (χ0n) is 13.9. The number of hydrogen-bond donors (Lipinski definition) is 0. The molecule has 1 unspecified atom stereocenters. The van der Waals surface area contributed by atoms with Crippen LogP contribution in [0.4, 0.5) is 0 Å². The number of carbonyl (C=O) groups is 1. The van der Waals surface area contributed by atoms with Gasteiger partial charge in [-0.3, -0.25) is 14.6 Å². The van der Waals surface area contributed by atoms with Gasteiger partial charge in [0, 0.05) is 38.8 Å². The fourth-order valence-corrected chi connectivity index (χ4v) is 3.54. The average molecular weight is 282 g/mol. The molecule has 2 aliphatic heterocycles. The SMILES string of the molecule is CC(C)N1CCN(CC2C(=O)C(C)(C)OC2(C)C)CC1. The van der Waals surface area contributed by atoms with Gasteiger partial charge in [0.2, 0.25) is 0 Å². The van der Waals surface area contributed by atoms with Gasteiger partial charge >= 0.3 is 0 Å². The van der Waals surface area contributed by atoms with Crippen molar-refractivity contribution in [1.29, 1.82) is 0 Å². The maximum atomic E-state index is 12.5. The first-order valence-electron chi connectivity index (χ1n) is 7.84. The van der Waals surface area contributed by atoms with Gasteiger partial charge in [0.15, 0.2) is 5.78 Å². The number of rotatable bonds is 3. The smallest absolute Gasteiger partial charge is 0.171 e. The van der Waals surface area contributed by atoms with Gasteiger partial charge in [0.05, 0.1) is 11.5 Å². The van der Waals surface area contributed by atoms with Crippen LogP contribution < -0.4 is 0 Å². The van der Waals surface area contributed by atoms with Crippen LogP contribution in [0.15, 0.2) is 0 Å². The third-order valence-electron chi connectivity index (χ3n) is 4.85. The van der Waals surface area contributed by atoms with E-state index in [9.17, 15) is 4.79 Å². The zero-order valence-corrected chi connectivity index (χ0v) is 13.9. The molecule has 0 radical (unpaired) electrons. The van der Waals surface area contributed by atoms with E-state index in [2.05, 4.69) is 37.5 Å². The maximum absolute atomic E-state index is 12.5. The van der Waals surface area contributed by atoms with Crippen LogP contribution in [-0.2, 0) is 9.53 Å². The maximum Gasteiger partial charge on any atom is 0.171 e. The molecule has 0 bridgehead atoms. The first-order chi connectivity index (χ1) is 9.13. The summed E-state index contributed by atoms with van der Waals surface area (Å²) in [4.78, 5) is 17.4. The summed E-state index contributed by atoms with van der Waals surface area (Å²) in [7, 11) is 0. The van der Waals surface area contributed by atoms with Crippen molar-refractivity contribution >= 4 is 5.78 Å². The normalized spacial score (nSPS) is 31.1. The van der Waals surface area contributed by atoms with Crippen molar-refractivity contribution < 1.29 is 9.53 Å². The van der Waals surface area contributed by atoms with E-state index in [4.69, 9.17) is 4.74 Å². The van der Waals surface area contributed by atoms with E-state index in [1.54, 1.807) is 0 Å². The predicted molar refractivity (Wildman–Crippen MR) is 80.9 cm³/mol. The average Bonchev–Trinajstić information content (AvgIpc) is 2.48. The highest BCUT2D eigenvalue weighted by atomic mass is 16.5. The van der Waals surface area contributed by atoms with Crippen LogP contribution in [0.1, 0.15) is 41.5 Å². The Kier molecular flexibility index (Phi) is 4.30. The molecule has 0 aromatic carbocycles. The fourth-order valence-electron chi connectivity index (χ4n) is 3.54. The molecule has 0 N–H and O–H groups in total. The molecule has 1 atom stereocenters. The number of hydrogen-bond acceptors (Lipinski definition) is 4. The summed E-state index contributed by atoms with van der Waals surface area (Å²) in [6.45, 7) is 17.5. The van der Waals surface area contributed by atoms with Crippen LogP contribution in [0.5, 0.6) is 0 Å². The summed E-state index contributed by atoms with van der Waals surface area (Å²) in [5.74, 6) is 0.247. The summed E-state index contributed by atoms with van der Waals surface area (Å²) >= 11 is 0. The van der Waals surface area contributed by atoms with Gasteiger partial charge in [0.25, 0.3) is 0 Å². The molecule has 4 heteroatoms. The molecule has 0 aromatic rings. The first-order valence-corrected chi connectivity index (χ1v) is 7.84. The highest BCUT2D eigenvalue weighted by molar-refractivity contribution is 5.91. The van der Waals surface area contributed by atoms with Crippen LogP contribution >= 0.6 is 0 Å². The lowest BCUT2D eigenvalue weighted by Gasteiger charge is -2.39. The second-order valence-corrected chi connectivity index (χ2v) is 7.56. The first kappa shape index (κ1) is 15.9. The molecule has 0 amide bonds. The van der Waals surface area contributed by atoms with E-state index in [-0.39, 0.29) is 17.3 Å². The molecule has 4 nitrogen and oxygen atoms in total. The van der Waals surface area contributed by atoms with Crippen LogP contribution in [0.3, 0.4) is 0 Å². The number of Topliss-reactive ketones (excluding diaryl/α,β-unsaturated/α-hetero) is 1. The third kappa shape index (κ3) is 3.07. The Morgan fingerprint density at radius 1 is 1.15 bits per heavy atom. The number of ether oxygens (including phenoxy) is 1. The molecule has 2 rings (SSSR count). The van der Waals surface area contributed by atoms with E-state index >= 15 is 0 Å². The number of carbonyl (C=O) groups excluding carboxylic acids is 1. The van der Waals surface area contributed by atoms with Crippen molar-refractivity contribution in [2.45, 2.75) is 58.8 Å². The van der Waals surface area contributed by atoms with Crippen LogP contribution in [0.25, 0.3) is 0 Å². The molecule has 0 saturated carbocycles. The van der Waals surface area contributed by atoms with E-state index in [1.165, 1.54) is 0 Å². The molecule has 2 fully saturated rings. The Morgan fingerprint density at radius 2 is 1.70 bits per heavy atom. The lowest BCUT2D eigenvalue weighted by atomic mass is 9.85. The summed E-state index contributed by atoms with van der Waals surface area (Å²) in [6, 6.07) is 0.615. The standard InChI is InChI=1S/C16H30N2O2/c1-12(2)18-9-7-17(8-10-18)11-13-14(19)16(5,6)20-15(13,3)4/h12-13H,7-11H2,1-6H3. The highest BCUT2D eigenvalue weighted by Crippen LogP contribution is 2.39. The highest BCUT2D eigenvalue weighted by Gasteiger charge is 2.53. The number of ketones is 1. The predicted octanol–water partition coefficient (Wildman–Crippen LogP) is 1.79. The number of nitrogens with zero attached hydrogens (tertiary/aromatic N) is 2. The Morgan fingerprint density at radius 3 is 2.10 bits per heavy atom. The van der Waals surface area contributed by atoms with Gasteiger partial charge in [-0.2, -0.15) is 0 Å². The van der Waals surface area contributed by atoms with E-state index in [1.807, 2.05) is 13.8 Å². The summed E-state index contributed by atoms with van der Waals surface area (Å²) in [5, 5.41) is 0. The largest absolute Gasteiger partial charge is 0.361 e. The van der Waals surface area contributed by atoms with Gasteiger partial charge in [-0.25, -0.2) is 0 Å². The molecule has 0 spiro atoms. The van der Waals surface area contributed by atoms with Crippen molar-refractivity contribution in [2.75, 3.05) is 32.7 Å². The van der Waals surface area contributed by atoms with Gasteiger partial charge in [-0.1, -0.05) is 0 Å². The van der Waals surface area contributed by atoms with Gasteiger partial charge in [0.1, 0.15) is 5.60 Å². The van der Waals surface area contributed by atoms with E-state index < -0.39 is 5.60 Å². The van der Waals surface area contributed by atoms with Crippen LogP contribution in [0.2, 0.25) is 0 Å². The van der Waals surface area contributed by atoms with E-state index in [0.717, 1.165) is 32.7 Å². The molecule has 2 aliphatic rings. The quantitative estimate of drug-likeness (QED) is 0.790. The minimum absolute atomic E-state index is 0.0110. The second-order valence-electron chi connectivity index (χ2n) is 7.56. The van der Waals surface area contributed by atoms with E-state index in [0.29, 0.717) is 6.04 Å². The van der Waals surface area contributed by atoms with Crippen molar-refractivity contribution in [3.63, 3.8) is 0 Å². The van der Waals surface area contributed by atoms with Gasteiger partial charge in [-0.15, -0.1) is 0 Å². The molecule has 0 aromatic heterocycles. The Bertz CT molecular complexity index is 369. The molecular formula is C16H30N2O2. The Hall–Kier alpha value is -0.450. The molecule has 20 heavy (non-hydrogen) atoms. The lowest BCUT2D eigenvalue weighted by Crippen LogP contribution is -2.52. The van der Waals surface area contributed by atoms with Crippen LogP contribution in [-0.4, -0.2) is 65.6 Å². The van der Waals surface area contributed by atoms with Crippen molar-refractivity contribution in [3.05, 3.63) is 0 Å². The Labute approximate surface area is 123 Å². The third-order valence-corrected chi connectivity index (χ3v) is 4.85. The van der Waals surface area contributed by atoms with Crippen molar-refractivity contribution in [1.82, 2.24) is 9.80 Å². The Balaban J connectivity index is 1.96. The summed E-state index contributed by atoms with van der Waals surface area (Å²) < 4.78 is 5.98. The zero-order chi connectivity index (χ0) is 15.1. The summed E-state index contributed by atoms with van der Waals surface area (Å²) in [5.41, 5.74) is -0.982. The molecular weight excluding hydrogens is 252 g/mol. The molecule has 2 heterocycles. The number of piperazine rings is 1. The van der Waals surface area contributed by atoms with Crippen molar-refractivity contribution in [2.24, 2.45) is 5.92 Å². The lowest BCUT2D eigenvalue weighted by molar-refractivity contribution is -0.132. The summed E-state index contributed by atoms with van der Waals surface area (Å²) in [6.07, 6.45) is 0. The second kappa shape index (κ2) is 5.39.